The van der Waals surface area contributed by atoms with Crippen molar-refractivity contribution in [3.8, 4) is 50.2 Å². The van der Waals surface area contributed by atoms with E-state index in [0.717, 1.165) is 27.6 Å². The van der Waals surface area contributed by atoms with Gasteiger partial charge in [-0.3, -0.25) is 0 Å². The largest absolute Gasteiger partial charge is 0.309 e. The van der Waals surface area contributed by atoms with Crippen LogP contribution in [-0.2, 0) is 0 Å². The van der Waals surface area contributed by atoms with Crippen molar-refractivity contribution < 1.29 is 0 Å². The predicted octanol–water partition coefficient (Wildman–Crippen LogP) is 10.2. The minimum absolute atomic E-state index is 0.770. The Morgan fingerprint density at radius 1 is 0.318 bits per heavy atom. The smallest absolute Gasteiger partial charge is 0.113 e. The minimum atomic E-state index is 0.770. The van der Waals surface area contributed by atoms with E-state index in [1.54, 1.807) is 0 Å². The highest BCUT2D eigenvalue weighted by Gasteiger charge is 2.15. The number of fused-ring (bicyclic) bond motifs is 3. The van der Waals surface area contributed by atoms with Crippen molar-refractivity contribution >= 4 is 35.1 Å². The Balaban J connectivity index is 1.31. The average Bonchev–Trinajstić information content (AvgIpc) is 3.42. The molecule has 204 valence electrons. The van der Waals surface area contributed by atoms with Crippen molar-refractivity contribution in [1.29, 1.82) is 0 Å². The molecule has 0 aliphatic carbocycles. The van der Waals surface area contributed by atoms with Crippen LogP contribution in [0.5, 0.6) is 0 Å². The van der Waals surface area contributed by atoms with Gasteiger partial charge < -0.3 is 4.57 Å². The fraction of sp³-hybridized carbons (Fsp3) is 0. The summed E-state index contributed by atoms with van der Waals surface area (Å²) in [6.45, 7) is 0. The number of rotatable bonds is 5. The summed E-state index contributed by atoms with van der Waals surface area (Å²) in [6.07, 6.45) is 0. The molecule has 8 aromatic rings. The van der Waals surface area contributed by atoms with Gasteiger partial charge in [-0.25, -0.2) is 0 Å². The molecule has 2 radical (unpaired) electrons. The van der Waals surface area contributed by atoms with Crippen molar-refractivity contribution in [1.82, 2.24) is 4.57 Å². The van der Waals surface area contributed by atoms with Crippen LogP contribution in [0.1, 0.15) is 0 Å². The van der Waals surface area contributed by atoms with Gasteiger partial charge in [0.2, 0.25) is 0 Å². The van der Waals surface area contributed by atoms with E-state index in [4.69, 9.17) is 7.85 Å². The zero-order valence-corrected chi connectivity index (χ0v) is 24.2. The Bertz CT molecular complexity index is 2140. The van der Waals surface area contributed by atoms with Gasteiger partial charge in [0.25, 0.3) is 0 Å². The molecule has 0 aliphatic heterocycles. The van der Waals surface area contributed by atoms with Gasteiger partial charge in [-0.2, -0.15) is 0 Å². The van der Waals surface area contributed by atoms with Crippen LogP contribution in [0.4, 0.5) is 0 Å². The third-order valence-electron chi connectivity index (χ3n) is 8.52. The van der Waals surface area contributed by atoms with Crippen LogP contribution in [0.25, 0.3) is 72.0 Å². The molecule has 0 fully saturated rings. The van der Waals surface area contributed by atoms with Gasteiger partial charge in [0.05, 0.1) is 11.0 Å². The second kappa shape index (κ2) is 10.9. The number of hydrogen-bond acceptors (Lipinski definition) is 0. The summed E-state index contributed by atoms with van der Waals surface area (Å²) in [4.78, 5) is 0. The van der Waals surface area contributed by atoms with E-state index in [1.807, 2.05) is 6.07 Å². The third-order valence-corrected chi connectivity index (χ3v) is 8.52. The fourth-order valence-corrected chi connectivity index (χ4v) is 6.31. The predicted molar refractivity (Wildman–Crippen MR) is 188 cm³/mol. The Morgan fingerprint density at radius 3 is 1.30 bits per heavy atom. The quantitative estimate of drug-likeness (QED) is 0.186. The van der Waals surface area contributed by atoms with Crippen molar-refractivity contribution in [2.24, 2.45) is 0 Å². The van der Waals surface area contributed by atoms with Gasteiger partial charge in [-0.15, -0.1) is 0 Å². The minimum Gasteiger partial charge on any atom is -0.309 e. The summed E-state index contributed by atoms with van der Waals surface area (Å²) >= 11 is 0. The van der Waals surface area contributed by atoms with Crippen LogP contribution >= 0.6 is 0 Å². The van der Waals surface area contributed by atoms with Gasteiger partial charge in [0.15, 0.2) is 0 Å². The second-order valence-corrected chi connectivity index (χ2v) is 11.3. The van der Waals surface area contributed by atoms with Gasteiger partial charge >= 0.3 is 0 Å². The molecule has 2 heteroatoms. The Morgan fingerprint density at radius 2 is 0.750 bits per heavy atom. The first kappa shape index (κ1) is 26.1. The second-order valence-electron chi connectivity index (χ2n) is 11.3. The molecule has 0 atom stereocenters. The van der Waals surface area contributed by atoms with Crippen molar-refractivity contribution in [3.05, 3.63) is 170 Å². The van der Waals surface area contributed by atoms with Crippen LogP contribution in [0, 0.1) is 0 Å². The maximum Gasteiger partial charge on any atom is 0.113 e. The fourth-order valence-electron chi connectivity index (χ4n) is 6.31. The lowest BCUT2D eigenvalue weighted by molar-refractivity contribution is 1.18. The summed E-state index contributed by atoms with van der Waals surface area (Å²) < 4.78 is 2.37. The summed E-state index contributed by atoms with van der Waals surface area (Å²) in [5.74, 6) is 0. The molecular formula is C42H28BN. The van der Waals surface area contributed by atoms with Gasteiger partial charge in [-0.05, 0) is 74.8 Å². The maximum absolute atomic E-state index is 6.26. The van der Waals surface area contributed by atoms with Gasteiger partial charge in [0, 0.05) is 16.5 Å². The Kier molecular flexibility index (Phi) is 6.46. The summed E-state index contributed by atoms with van der Waals surface area (Å²) in [7, 11) is 6.26. The van der Waals surface area contributed by atoms with E-state index >= 15 is 0 Å². The van der Waals surface area contributed by atoms with Gasteiger partial charge in [0.1, 0.15) is 7.85 Å². The molecule has 8 rings (SSSR count). The molecule has 0 N–H and O–H groups in total. The van der Waals surface area contributed by atoms with E-state index in [0.29, 0.717) is 0 Å². The van der Waals surface area contributed by atoms with Crippen molar-refractivity contribution in [2.45, 2.75) is 0 Å². The molecule has 1 heterocycles. The topological polar surface area (TPSA) is 4.93 Å². The highest BCUT2D eigenvalue weighted by molar-refractivity contribution is 6.34. The third kappa shape index (κ3) is 4.71. The summed E-state index contributed by atoms with van der Waals surface area (Å²) in [5.41, 5.74) is 13.8. The molecule has 44 heavy (non-hydrogen) atoms. The Labute approximate surface area is 259 Å². The average molecular weight is 558 g/mol. The van der Waals surface area contributed by atoms with E-state index in [1.165, 1.54) is 49.9 Å². The number of hydrogen-bond donors (Lipinski definition) is 0. The lowest BCUT2D eigenvalue weighted by atomic mass is 9.94. The molecule has 0 bridgehead atoms. The van der Waals surface area contributed by atoms with Crippen molar-refractivity contribution in [2.75, 3.05) is 0 Å². The number of benzene rings is 7. The van der Waals surface area contributed by atoms with Crippen LogP contribution < -0.4 is 5.46 Å². The molecule has 0 saturated heterocycles. The van der Waals surface area contributed by atoms with E-state index in [9.17, 15) is 0 Å². The lowest BCUT2D eigenvalue weighted by Crippen LogP contribution is -2.01. The molecular weight excluding hydrogens is 529 g/mol. The molecule has 0 amide bonds. The first-order chi connectivity index (χ1) is 21.7. The lowest BCUT2D eigenvalue weighted by Gasteiger charge is -2.15. The molecule has 0 spiro atoms. The molecule has 1 nitrogen and oxygen atoms in total. The maximum atomic E-state index is 6.26. The van der Waals surface area contributed by atoms with Crippen LogP contribution in [0.2, 0.25) is 0 Å². The first-order valence-corrected chi connectivity index (χ1v) is 15.0. The molecule has 0 saturated carbocycles. The van der Waals surface area contributed by atoms with Crippen LogP contribution in [0.3, 0.4) is 0 Å². The normalized spacial score (nSPS) is 11.3. The molecule has 1 aromatic heterocycles. The standard InChI is InChI=1S/C42H28BN/c43-37-23-24-42-40(28-37)39-13-7-8-14-41(39)44(42)38-26-35(33-19-15-31(16-20-33)29-9-3-1-4-10-29)25-36(27-38)34-21-17-32(18-22-34)30-11-5-2-6-12-30/h1-28H. The molecule has 0 unspecified atom stereocenters. The zero-order valence-electron chi connectivity index (χ0n) is 24.2. The molecule has 0 aliphatic rings. The number of nitrogens with zero attached hydrogens (tertiary/aromatic N) is 1. The number of aromatic nitrogens is 1. The van der Waals surface area contributed by atoms with E-state index in [2.05, 4.69) is 168 Å². The highest BCUT2D eigenvalue weighted by Crippen LogP contribution is 2.36. The van der Waals surface area contributed by atoms with Gasteiger partial charge in [-0.1, -0.05) is 145 Å². The van der Waals surface area contributed by atoms with Crippen LogP contribution in [0.15, 0.2) is 170 Å². The molecule has 7 aromatic carbocycles. The van der Waals surface area contributed by atoms with E-state index in [-0.39, 0.29) is 0 Å². The monoisotopic (exact) mass is 557 g/mol. The van der Waals surface area contributed by atoms with E-state index < -0.39 is 0 Å². The summed E-state index contributed by atoms with van der Waals surface area (Å²) in [5, 5.41) is 2.35. The zero-order chi connectivity index (χ0) is 29.5. The number of para-hydroxylation sites is 1. The van der Waals surface area contributed by atoms with Crippen molar-refractivity contribution in [3.63, 3.8) is 0 Å². The first-order valence-electron chi connectivity index (χ1n) is 15.0. The highest BCUT2D eigenvalue weighted by atomic mass is 15.0. The SMILES string of the molecule is [B]c1ccc2c(c1)c1ccccc1n2-c1cc(-c2ccc(-c3ccccc3)cc2)cc(-c2ccc(-c3ccccc3)cc2)c1. The van der Waals surface area contributed by atoms with Crippen LogP contribution in [-0.4, -0.2) is 12.4 Å². The summed E-state index contributed by atoms with van der Waals surface area (Å²) in [6, 6.07) is 60.6. The Hall–Kier alpha value is -5.60.